The van der Waals surface area contributed by atoms with Crippen LogP contribution in [0.5, 0.6) is 0 Å². The Balaban J connectivity index is 1.69. The molecule has 0 aliphatic carbocycles. The Morgan fingerprint density at radius 1 is 1.29 bits per heavy atom. The first-order valence-electron chi connectivity index (χ1n) is 5.54. The minimum Gasteiger partial charge on any atom is -0.378 e. The monoisotopic (exact) mass is 231 g/mol. The number of rotatable bonds is 3. The van der Waals surface area contributed by atoms with E-state index < -0.39 is 0 Å². The largest absolute Gasteiger partial charge is 0.378 e. The van der Waals surface area contributed by atoms with Crippen LogP contribution in [0.1, 0.15) is 22.8 Å². The second-order valence-electron chi connectivity index (χ2n) is 4.06. The van der Waals surface area contributed by atoms with E-state index in [1.54, 1.807) is 6.92 Å². The summed E-state index contributed by atoms with van der Waals surface area (Å²) in [5.41, 5.74) is 3.57. The highest BCUT2D eigenvalue weighted by Gasteiger charge is 2.11. The Labute approximate surface area is 98.8 Å². The molecule has 88 valence electrons. The van der Waals surface area contributed by atoms with E-state index in [4.69, 9.17) is 9.26 Å². The van der Waals surface area contributed by atoms with Gasteiger partial charge in [0.05, 0.1) is 19.8 Å². The maximum absolute atomic E-state index is 5.37. The normalized spacial score (nSPS) is 13.7. The lowest BCUT2D eigenvalue weighted by Crippen LogP contribution is -2.01. The van der Waals surface area contributed by atoms with Crippen LogP contribution in [0.3, 0.4) is 0 Å². The second kappa shape index (κ2) is 4.18. The van der Waals surface area contributed by atoms with Crippen molar-refractivity contribution in [3.63, 3.8) is 0 Å². The molecule has 0 amide bonds. The molecular weight excluding hydrogens is 218 g/mol. The lowest BCUT2D eigenvalue weighted by molar-refractivity contribution is 0.134. The Morgan fingerprint density at radius 2 is 2.18 bits per heavy atom. The van der Waals surface area contributed by atoms with Gasteiger partial charge in [-0.15, -0.1) is 0 Å². The average Bonchev–Trinajstić information content (AvgIpc) is 2.94. The van der Waals surface area contributed by atoms with Gasteiger partial charge in [-0.25, -0.2) is 0 Å². The van der Waals surface area contributed by atoms with Crippen molar-refractivity contribution in [2.45, 2.75) is 26.7 Å². The number of ether oxygens (including phenoxy) is 1. The van der Waals surface area contributed by atoms with Gasteiger partial charge in [0, 0.05) is 12.6 Å². The number of hydrogen-bond donors (Lipinski definition) is 1. The van der Waals surface area contributed by atoms with Crippen LogP contribution in [0, 0.1) is 6.92 Å². The SMILES string of the molecule is Cc1nc(CNc2ccc3c(c2)COC3)no1. The van der Waals surface area contributed by atoms with Crippen molar-refractivity contribution in [2.24, 2.45) is 0 Å². The van der Waals surface area contributed by atoms with Gasteiger partial charge in [-0.1, -0.05) is 11.2 Å². The summed E-state index contributed by atoms with van der Waals surface area (Å²) < 4.78 is 10.3. The minimum atomic E-state index is 0.566. The molecule has 0 bridgehead atoms. The molecule has 0 unspecified atom stereocenters. The molecular formula is C12H13N3O2. The quantitative estimate of drug-likeness (QED) is 0.875. The summed E-state index contributed by atoms with van der Waals surface area (Å²) in [7, 11) is 0. The summed E-state index contributed by atoms with van der Waals surface area (Å²) in [5.74, 6) is 1.25. The summed E-state index contributed by atoms with van der Waals surface area (Å²) >= 11 is 0. The van der Waals surface area contributed by atoms with E-state index in [9.17, 15) is 0 Å². The molecule has 0 spiro atoms. The van der Waals surface area contributed by atoms with Gasteiger partial charge in [0.15, 0.2) is 5.82 Å². The highest BCUT2D eigenvalue weighted by molar-refractivity contribution is 5.49. The molecule has 5 nitrogen and oxygen atoms in total. The van der Waals surface area contributed by atoms with Gasteiger partial charge in [0.25, 0.3) is 0 Å². The number of fused-ring (bicyclic) bond motifs is 1. The third-order valence-corrected chi connectivity index (χ3v) is 2.74. The van der Waals surface area contributed by atoms with Gasteiger partial charge in [-0.05, 0) is 23.3 Å². The molecule has 1 aliphatic heterocycles. The van der Waals surface area contributed by atoms with Crippen LogP contribution in [0.15, 0.2) is 22.7 Å². The number of aromatic nitrogens is 2. The van der Waals surface area contributed by atoms with Crippen LogP contribution in [0.25, 0.3) is 0 Å². The molecule has 0 atom stereocenters. The molecule has 5 heteroatoms. The summed E-state index contributed by atoms with van der Waals surface area (Å²) in [6.07, 6.45) is 0. The molecule has 2 aromatic rings. The first-order valence-corrected chi connectivity index (χ1v) is 5.54. The van der Waals surface area contributed by atoms with E-state index in [-0.39, 0.29) is 0 Å². The van der Waals surface area contributed by atoms with Crippen LogP contribution in [-0.4, -0.2) is 10.1 Å². The smallest absolute Gasteiger partial charge is 0.223 e. The fraction of sp³-hybridized carbons (Fsp3) is 0.333. The molecule has 0 radical (unpaired) electrons. The van der Waals surface area contributed by atoms with Crippen LogP contribution in [0.2, 0.25) is 0 Å². The zero-order valence-electron chi connectivity index (χ0n) is 9.56. The van der Waals surface area contributed by atoms with Crippen LogP contribution >= 0.6 is 0 Å². The minimum absolute atomic E-state index is 0.566. The molecule has 1 N–H and O–H groups in total. The first-order chi connectivity index (χ1) is 8.31. The predicted octanol–water partition coefficient (Wildman–Crippen LogP) is 2.02. The molecule has 0 saturated carbocycles. The zero-order valence-corrected chi connectivity index (χ0v) is 9.56. The van der Waals surface area contributed by atoms with Crippen molar-refractivity contribution in [1.29, 1.82) is 0 Å². The number of benzene rings is 1. The Bertz CT molecular complexity index is 536. The lowest BCUT2D eigenvalue weighted by atomic mass is 10.1. The second-order valence-corrected chi connectivity index (χ2v) is 4.06. The summed E-state index contributed by atoms with van der Waals surface area (Å²) in [6, 6.07) is 6.24. The van der Waals surface area contributed by atoms with E-state index in [0.717, 1.165) is 12.3 Å². The van der Waals surface area contributed by atoms with Gasteiger partial charge in [-0.2, -0.15) is 4.98 Å². The highest BCUT2D eigenvalue weighted by Crippen LogP contribution is 2.23. The molecule has 17 heavy (non-hydrogen) atoms. The molecule has 1 aromatic heterocycles. The third-order valence-electron chi connectivity index (χ3n) is 2.74. The Morgan fingerprint density at radius 3 is 3.00 bits per heavy atom. The van der Waals surface area contributed by atoms with Crippen LogP contribution in [0.4, 0.5) is 5.69 Å². The van der Waals surface area contributed by atoms with E-state index in [2.05, 4.69) is 27.6 Å². The average molecular weight is 231 g/mol. The highest BCUT2D eigenvalue weighted by atomic mass is 16.5. The van der Waals surface area contributed by atoms with Gasteiger partial charge in [-0.3, -0.25) is 0 Å². The molecule has 0 fully saturated rings. The third kappa shape index (κ3) is 2.14. The fourth-order valence-electron chi connectivity index (χ4n) is 1.88. The molecule has 0 saturated heterocycles. The maximum Gasteiger partial charge on any atom is 0.223 e. The zero-order chi connectivity index (χ0) is 11.7. The maximum atomic E-state index is 5.37. The molecule has 1 aliphatic rings. The van der Waals surface area contributed by atoms with Gasteiger partial charge in [0.2, 0.25) is 5.89 Å². The van der Waals surface area contributed by atoms with Gasteiger partial charge < -0.3 is 14.6 Å². The van der Waals surface area contributed by atoms with Crippen molar-refractivity contribution in [3.8, 4) is 0 Å². The van der Waals surface area contributed by atoms with E-state index >= 15 is 0 Å². The van der Waals surface area contributed by atoms with Crippen molar-refractivity contribution >= 4 is 5.69 Å². The topological polar surface area (TPSA) is 60.2 Å². The van der Waals surface area contributed by atoms with Crippen molar-refractivity contribution in [2.75, 3.05) is 5.32 Å². The van der Waals surface area contributed by atoms with Crippen molar-refractivity contribution in [3.05, 3.63) is 41.0 Å². The number of anilines is 1. The van der Waals surface area contributed by atoms with Crippen LogP contribution in [-0.2, 0) is 24.5 Å². The Kier molecular flexibility index (Phi) is 2.53. The van der Waals surface area contributed by atoms with E-state index in [1.165, 1.54) is 11.1 Å². The van der Waals surface area contributed by atoms with Gasteiger partial charge in [0.1, 0.15) is 0 Å². The van der Waals surface area contributed by atoms with Crippen molar-refractivity contribution < 1.29 is 9.26 Å². The predicted molar refractivity (Wildman–Crippen MR) is 61.3 cm³/mol. The van der Waals surface area contributed by atoms with Crippen LogP contribution < -0.4 is 5.32 Å². The summed E-state index contributed by atoms with van der Waals surface area (Å²) in [5, 5.41) is 7.09. The van der Waals surface area contributed by atoms with E-state index in [0.29, 0.717) is 24.9 Å². The fourth-order valence-corrected chi connectivity index (χ4v) is 1.88. The number of hydrogen-bond acceptors (Lipinski definition) is 5. The molecule has 3 rings (SSSR count). The summed E-state index contributed by atoms with van der Waals surface area (Å²) in [4.78, 5) is 4.13. The number of nitrogens with one attached hydrogen (secondary N) is 1. The Hall–Kier alpha value is -1.88. The first kappa shape index (κ1) is 10.3. The van der Waals surface area contributed by atoms with Crippen molar-refractivity contribution in [1.82, 2.24) is 10.1 Å². The van der Waals surface area contributed by atoms with Gasteiger partial charge >= 0.3 is 0 Å². The standard InChI is InChI=1S/C12H13N3O2/c1-8-14-12(15-17-8)5-13-11-3-2-9-6-16-7-10(9)4-11/h2-4,13H,5-7H2,1H3. The number of aryl methyl sites for hydroxylation is 1. The van der Waals surface area contributed by atoms with E-state index in [1.807, 2.05) is 6.07 Å². The summed E-state index contributed by atoms with van der Waals surface area (Å²) in [6.45, 7) is 3.77. The number of nitrogens with zero attached hydrogens (tertiary/aromatic N) is 2. The molecule has 1 aromatic carbocycles. The molecule has 2 heterocycles. The lowest BCUT2D eigenvalue weighted by Gasteiger charge is -2.05.